The molecule has 5 nitrogen and oxygen atoms in total. The highest BCUT2D eigenvalue weighted by Gasteiger charge is 2.51. The van der Waals surface area contributed by atoms with Crippen LogP contribution in [0.25, 0.3) is 11.0 Å². The summed E-state index contributed by atoms with van der Waals surface area (Å²) in [5, 5.41) is 20.7. The number of aliphatic hydroxyl groups excluding tert-OH is 1. The maximum absolute atomic E-state index is 11.8. The van der Waals surface area contributed by atoms with Gasteiger partial charge in [-0.25, -0.2) is 4.68 Å². The van der Waals surface area contributed by atoms with E-state index in [0.717, 1.165) is 16.6 Å². The summed E-state index contributed by atoms with van der Waals surface area (Å²) >= 11 is 0. The van der Waals surface area contributed by atoms with Crippen LogP contribution < -0.4 is 0 Å². The van der Waals surface area contributed by atoms with E-state index in [4.69, 9.17) is 0 Å². The van der Waals surface area contributed by atoms with Crippen molar-refractivity contribution in [3.8, 4) is 0 Å². The second kappa shape index (κ2) is 7.46. The molecular weight excluding hydrogens is 392 g/mol. The number of rotatable bonds is 5. The summed E-state index contributed by atoms with van der Waals surface area (Å²) in [5.74, 6) is 0. The SMILES string of the molecule is C[C@H](C(O)C(c1ccccc1)n1nnc2ccccc21)N1[Si](C)(C)CC[Si]1(C)C. The molecule has 2 unspecified atom stereocenters. The number of benzene rings is 2. The molecule has 1 aliphatic rings. The lowest BCUT2D eigenvalue weighted by Crippen LogP contribution is -2.62. The van der Waals surface area contributed by atoms with E-state index in [2.05, 4.69) is 59.8 Å². The fraction of sp³-hybridized carbons (Fsp3) is 0.455. The van der Waals surface area contributed by atoms with E-state index >= 15 is 0 Å². The molecule has 3 atom stereocenters. The Balaban J connectivity index is 1.80. The van der Waals surface area contributed by atoms with E-state index in [1.165, 1.54) is 12.1 Å². The molecule has 1 aromatic heterocycles. The Labute approximate surface area is 175 Å². The van der Waals surface area contributed by atoms with Gasteiger partial charge in [-0.15, -0.1) is 5.10 Å². The third-order valence-electron chi connectivity index (χ3n) is 6.66. The lowest BCUT2D eigenvalue weighted by Gasteiger charge is -2.46. The predicted octanol–water partition coefficient (Wildman–Crippen LogP) is 4.50. The molecule has 2 heterocycles. The van der Waals surface area contributed by atoms with Crippen LogP contribution in [0.15, 0.2) is 54.6 Å². The van der Waals surface area contributed by atoms with Gasteiger partial charge in [0.15, 0.2) is 0 Å². The van der Waals surface area contributed by atoms with Gasteiger partial charge in [0.25, 0.3) is 0 Å². The Morgan fingerprint density at radius 1 is 0.897 bits per heavy atom. The maximum Gasteiger partial charge on any atom is 0.115 e. The van der Waals surface area contributed by atoms with Crippen molar-refractivity contribution in [2.24, 2.45) is 0 Å². The Morgan fingerprint density at radius 2 is 1.48 bits per heavy atom. The smallest absolute Gasteiger partial charge is 0.115 e. The zero-order valence-corrected chi connectivity index (χ0v) is 20.1. The van der Waals surface area contributed by atoms with Gasteiger partial charge in [-0.1, -0.05) is 73.9 Å². The van der Waals surface area contributed by atoms with Gasteiger partial charge >= 0.3 is 0 Å². The fourth-order valence-electron chi connectivity index (χ4n) is 5.42. The standard InChI is InChI=1S/C22H32N4OSi2/c1-17(26-28(2,3)15-16-29(26,4)5)22(27)21(18-11-7-6-8-12-18)25-20-14-10-9-13-19(20)23-24-25/h6-14,17,21-22,27H,15-16H2,1-5H3/t17-,21?,22?/m1/s1. The highest BCUT2D eigenvalue weighted by molar-refractivity contribution is 6.95. The molecule has 0 spiro atoms. The summed E-state index contributed by atoms with van der Waals surface area (Å²) in [7, 11) is -3.05. The van der Waals surface area contributed by atoms with Gasteiger partial charge in [-0.3, -0.25) is 0 Å². The summed E-state index contributed by atoms with van der Waals surface area (Å²) in [6, 6.07) is 20.7. The van der Waals surface area contributed by atoms with Crippen molar-refractivity contribution < 1.29 is 5.11 Å². The van der Waals surface area contributed by atoms with Crippen molar-refractivity contribution in [1.82, 2.24) is 19.2 Å². The topological polar surface area (TPSA) is 54.2 Å². The maximum atomic E-state index is 11.8. The third-order valence-corrected chi connectivity index (χ3v) is 17.2. The van der Waals surface area contributed by atoms with Gasteiger partial charge in [0.2, 0.25) is 0 Å². The van der Waals surface area contributed by atoms with E-state index in [1.807, 2.05) is 47.1 Å². The monoisotopic (exact) mass is 424 g/mol. The first-order chi connectivity index (χ1) is 13.7. The second-order valence-corrected chi connectivity index (χ2v) is 19.3. The lowest BCUT2D eigenvalue weighted by molar-refractivity contribution is 0.0769. The van der Waals surface area contributed by atoms with Crippen LogP contribution in [0.1, 0.15) is 18.5 Å². The molecular formula is C22H32N4OSi2. The normalized spacial score (nSPS) is 21.9. The summed E-state index contributed by atoms with van der Waals surface area (Å²) in [6.07, 6.45) is -0.570. The average Bonchev–Trinajstić information content (AvgIpc) is 3.20. The first-order valence-electron chi connectivity index (χ1n) is 10.5. The highest BCUT2D eigenvalue weighted by atomic mass is 28.4. The zero-order chi connectivity index (χ0) is 20.8. The van der Waals surface area contributed by atoms with Gasteiger partial charge < -0.3 is 9.34 Å². The molecule has 3 aromatic rings. The summed E-state index contributed by atoms with van der Waals surface area (Å²) in [6.45, 7) is 12.1. The Hall–Kier alpha value is -1.81. The Morgan fingerprint density at radius 3 is 2.14 bits per heavy atom. The van der Waals surface area contributed by atoms with Crippen molar-refractivity contribution >= 4 is 27.5 Å². The number of fused-ring (bicyclic) bond motifs is 1. The van der Waals surface area contributed by atoms with Gasteiger partial charge in [-0.2, -0.15) is 0 Å². The summed E-state index contributed by atoms with van der Waals surface area (Å²) in [4.78, 5) is 0. The van der Waals surface area contributed by atoms with Crippen molar-refractivity contribution in [3.63, 3.8) is 0 Å². The van der Waals surface area contributed by atoms with Gasteiger partial charge in [0, 0.05) is 6.04 Å². The summed E-state index contributed by atoms with van der Waals surface area (Å²) in [5.41, 5.74) is 2.89. The molecule has 1 saturated heterocycles. The molecule has 0 bridgehead atoms. The number of para-hydroxylation sites is 1. The van der Waals surface area contributed by atoms with Crippen molar-refractivity contribution in [1.29, 1.82) is 0 Å². The van der Waals surface area contributed by atoms with Crippen LogP contribution in [0.5, 0.6) is 0 Å². The number of aliphatic hydroxyl groups is 1. The molecule has 154 valence electrons. The van der Waals surface area contributed by atoms with Gasteiger partial charge in [0.1, 0.15) is 28.0 Å². The average molecular weight is 425 g/mol. The quantitative estimate of drug-likeness (QED) is 0.613. The molecule has 7 heteroatoms. The van der Waals surface area contributed by atoms with E-state index < -0.39 is 22.6 Å². The van der Waals surface area contributed by atoms with Gasteiger partial charge in [-0.05, 0) is 36.7 Å². The molecule has 1 N–H and O–H groups in total. The predicted molar refractivity (Wildman–Crippen MR) is 124 cm³/mol. The van der Waals surface area contributed by atoms with Crippen LogP contribution in [0.2, 0.25) is 38.3 Å². The number of nitrogens with zero attached hydrogens (tertiary/aromatic N) is 4. The number of hydrogen-bond donors (Lipinski definition) is 1. The molecule has 0 amide bonds. The summed E-state index contributed by atoms with van der Waals surface area (Å²) < 4.78 is 4.70. The molecule has 0 aliphatic carbocycles. The first kappa shape index (κ1) is 20.5. The minimum atomic E-state index is -1.53. The molecule has 1 aliphatic heterocycles. The van der Waals surface area contributed by atoms with E-state index in [1.54, 1.807) is 0 Å². The lowest BCUT2D eigenvalue weighted by atomic mass is 9.97. The van der Waals surface area contributed by atoms with Crippen molar-refractivity contribution in [3.05, 3.63) is 60.2 Å². The van der Waals surface area contributed by atoms with E-state index in [-0.39, 0.29) is 12.1 Å². The largest absolute Gasteiger partial charge is 0.389 e. The first-order valence-corrected chi connectivity index (χ1v) is 16.9. The van der Waals surface area contributed by atoms with E-state index in [0.29, 0.717) is 0 Å². The van der Waals surface area contributed by atoms with Gasteiger partial charge in [0.05, 0.1) is 11.6 Å². The van der Waals surface area contributed by atoms with Crippen molar-refractivity contribution in [2.45, 2.75) is 63.4 Å². The minimum absolute atomic E-state index is 0.0778. The number of hydrogen-bond acceptors (Lipinski definition) is 4. The Bertz CT molecular complexity index is 973. The van der Waals surface area contributed by atoms with E-state index in [9.17, 15) is 5.11 Å². The van der Waals surface area contributed by atoms with Crippen LogP contribution in [0.3, 0.4) is 0 Å². The molecule has 2 aromatic carbocycles. The Kier molecular flexibility index (Phi) is 5.27. The van der Waals surface area contributed by atoms with Crippen LogP contribution >= 0.6 is 0 Å². The molecule has 0 radical (unpaired) electrons. The number of aromatic nitrogens is 3. The second-order valence-electron chi connectivity index (χ2n) is 9.60. The molecule has 1 fully saturated rings. The minimum Gasteiger partial charge on any atom is -0.389 e. The van der Waals surface area contributed by atoms with Crippen LogP contribution in [-0.4, -0.2) is 52.9 Å². The molecule has 0 saturated carbocycles. The highest BCUT2D eigenvalue weighted by Crippen LogP contribution is 2.41. The zero-order valence-electron chi connectivity index (χ0n) is 18.1. The molecule has 4 rings (SSSR count). The third kappa shape index (κ3) is 3.61. The van der Waals surface area contributed by atoms with Crippen LogP contribution in [-0.2, 0) is 0 Å². The molecule has 29 heavy (non-hydrogen) atoms. The van der Waals surface area contributed by atoms with Crippen LogP contribution in [0, 0.1) is 0 Å². The fourth-order valence-corrected chi connectivity index (χ4v) is 20.5. The van der Waals surface area contributed by atoms with Crippen LogP contribution in [0.4, 0.5) is 0 Å². The van der Waals surface area contributed by atoms with Crippen molar-refractivity contribution in [2.75, 3.05) is 0 Å².